The summed E-state index contributed by atoms with van der Waals surface area (Å²) in [7, 11) is 0. The molecule has 54 valence electrons. The van der Waals surface area contributed by atoms with Crippen LogP contribution in [0.1, 0.15) is 0 Å². The SMILES string of the molecule is FS1=NS(F)=NS(F)=N1. The van der Waals surface area contributed by atoms with Gasteiger partial charge >= 0.3 is 0 Å². The van der Waals surface area contributed by atoms with E-state index in [1.165, 1.54) is 0 Å². The van der Waals surface area contributed by atoms with E-state index in [0.717, 1.165) is 0 Å². The second-order valence-corrected chi connectivity index (χ2v) is 3.99. The van der Waals surface area contributed by atoms with Crippen LogP contribution in [-0.2, 0) is 33.8 Å². The molecule has 0 fully saturated rings. The summed E-state index contributed by atoms with van der Waals surface area (Å²) in [6, 6.07) is 0. The van der Waals surface area contributed by atoms with Gasteiger partial charge in [0.1, 0.15) is 0 Å². The Bertz CT molecular complexity index is 170. The average molecular weight is 195 g/mol. The number of rotatable bonds is 0. The zero-order chi connectivity index (χ0) is 6.85. The Labute approximate surface area is 57.2 Å². The van der Waals surface area contributed by atoms with E-state index in [2.05, 4.69) is 11.3 Å². The molecule has 9 heavy (non-hydrogen) atoms. The number of nitrogens with zero attached hydrogens (tertiary/aromatic N) is 3. The maximum atomic E-state index is 11.9. The van der Waals surface area contributed by atoms with Gasteiger partial charge in [-0.1, -0.05) is 11.3 Å². The molecule has 1 aliphatic heterocycles. The monoisotopic (exact) mass is 195 g/mol. The fourth-order valence-corrected chi connectivity index (χ4v) is 2.47. The zero-order valence-electron chi connectivity index (χ0n) is 3.70. The van der Waals surface area contributed by atoms with Crippen LogP contribution in [0.4, 0.5) is 11.7 Å². The highest BCUT2D eigenvalue weighted by Gasteiger charge is 2.05. The topological polar surface area (TPSA) is 37.1 Å². The van der Waals surface area contributed by atoms with Crippen LogP contribution in [0.25, 0.3) is 0 Å². The summed E-state index contributed by atoms with van der Waals surface area (Å²) in [6.07, 6.45) is 0. The first kappa shape index (κ1) is 7.35. The van der Waals surface area contributed by atoms with E-state index in [1.54, 1.807) is 0 Å². The second-order valence-electron chi connectivity index (χ2n) is 0.883. The standard InChI is InChI=1S/F3N3S3/c1-7-4-8(2)6-9(3)5-7. The van der Waals surface area contributed by atoms with Crippen molar-refractivity contribution in [3.8, 4) is 0 Å². The van der Waals surface area contributed by atoms with Gasteiger partial charge in [0.2, 0.25) is 33.8 Å². The van der Waals surface area contributed by atoms with Crippen molar-refractivity contribution in [3.63, 3.8) is 0 Å². The molecule has 0 N–H and O–H groups in total. The third kappa shape index (κ3) is 2.14. The van der Waals surface area contributed by atoms with Crippen molar-refractivity contribution in [3.05, 3.63) is 0 Å². The molecule has 3 nitrogen and oxygen atoms in total. The number of hydrogen-bond acceptors (Lipinski definition) is 3. The predicted octanol–water partition coefficient (Wildman–Crippen LogP) is 1.80. The van der Waals surface area contributed by atoms with Crippen molar-refractivity contribution >= 4 is 33.8 Å². The summed E-state index contributed by atoms with van der Waals surface area (Å²) in [5.41, 5.74) is 0. The summed E-state index contributed by atoms with van der Waals surface area (Å²) in [6.45, 7) is 0. The Kier molecular flexibility index (Phi) is 2.35. The summed E-state index contributed by atoms with van der Waals surface area (Å²) in [5, 5.41) is 0. The minimum atomic E-state index is -2.32. The van der Waals surface area contributed by atoms with Crippen LogP contribution in [0, 0.1) is 0 Å². The van der Waals surface area contributed by atoms with Gasteiger partial charge in [-0.15, -0.1) is 11.7 Å². The quantitative estimate of drug-likeness (QED) is 0.565. The highest BCUT2D eigenvalue weighted by molar-refractivity contribution is 8.03. The molecule has 9 heteroatoms. The Morgan fingerprint density at radius 2 is 0.889 bits per heavy atom. The smallest absolute Gasteiger partial charge is 0.127 e. The molecule has 0 unspecified atom stereocenters. The predicted molar refractivity (Wildman–Crippen MR) is 32.7 cm³/mol. The van der Waals surface area contributed by atoms with Gasteiger partial charge in [-0.2, -0.15) is 0 Å². The second kappa shape index (κ2) is 2.88. The zero-order valence-corrected chi connectivity index (χ0v) is 6.15. The molecule has 0 radical (unpaired) electrons. The molecule has 0 saturated carbocycles. The van der Waals surface area contributed by atoms with Crippen molar-refractivity contribution in [1.82, 2.24) is 0 Å². The Balaban J connectivity index is 2.98. The molecular formula is F3N3S3. The highest BCUT2D eigenvalue weighted by Crippen LogP contribution is 2.11. The first-order chi connectivity index (χ1) is 4.18. The molecule has 0 spiro atoms. The summed E-state index contributed by atoms with van der Waals surface area (Å²) < 4.78 is 43.6. The van der Waals surface area contributed by atoms with Crippen molar-refractivity contribution in [2.75, 3.05) is 0 Å². The highest BCUT2D eigenvalue weighted by atomic mass is 32.3. The third-order valence-electron chi connectivity index (χ3n) is 0.369. The Morgan fingerprint density at radius 1 is 0.667 bits per heavy atom. The average Bonchev–Trinajstić information content (AvgIpc) is 1.59. The van der Waals surface area contributed by atoms with E-state index in [4.69, 9.17) is 0 Å². The molecule has 0 atom stereocenters. The minimum absolute atomic E-state index is 2.32. The van der Waals surface area contributed by atoms with Gasteiger partial charge in [0.05, 0.1) is 0 Å². The van der Waals surface area contributed by atoms with Crippen LogP contribution in [-0.4, -0.2) is 0 Å². The molecule has 1 heterocycles. The summed E-state index contributed by atoms with van der Waals surface area (Å²) >= 11 is -6.96. The van der Waals surface area contributed by atoms with E-state index >= 15 is 0 Å². The minimum Gasteiger partial charge on any atom is -0.127 e. The lowest BCUT2D eigenvalue weighted by atomic mass is 13.8. The van der Waals surface area contributed by atoms with Crippen molar-refractivity contribution in [1.29, 1.82) is 0 Å². The third-order valence-corrected chi connectivity index (χ3v) is 3.32. The van der Waals surface area contributed by atoms with Crippen LogP contribution in [0.15, 0.2) is 11.3 Å². The first-order valence-electron chi connectivity index (χ1n) is 1.56. The Hall–Kier alpha value is 0.240. The van der Waals surface area contributed by atoms with Crippen LogP contribution in [0.2, 0.25) is 0 Å². The normalized spacial score (nSPS) is 42.3. The maximum Gasteiger partial charge on any atom is 0.226 e. The lowest BCUT2D eigenvalue weighted by Crippen LogP contribution is -1.86. The lowest BCUT2D eigenvalue weighted by molar-refractivity contribution is 0.892. The molecule has 0 aromatic rings. The molecule has 0 aliphatic carbocycles. The largest absolute Gasteiger partial charge is 0.226 e. The maximum absolute atomic E-state index is 11.9. The molecule has 1 rings (SSSR count). The summed E-state index contributed by atoms with van der Waals surface area (Å²) in [5.74, 6) is 0. The van der Waals surface area contributed by atoms with Crippen LogP contribution in [0.3, 0.4) is 0 Å². The molecule has 0 saturated heterocycles. The van der Waals surface area contributed by atoms with Crippen molar-refractivity contribution in [2.45, 2.75) is 0 Å². The molecular weight excluding hydrogens is 195 g/mol. The van der Waals surface area contributed by atoms with Gasteiger partial charge < -0.3 is 0 Å². The van der Waals surface area contributed by atoms with E-state index < -0.39 is 33.8 Å². The fourth-order valence-electron chi connectivity index (χ4n) is 0.193. The molecule has 1 aliphatic rings. The van der Waals surface area contributed by atoms with Gasteiger partial charge in [0, 0.05) is 0 Å². The van der Waals surface area contributed by atoms with Gasteiger partial charge in [-0.3, -0.25) is 0 Å². The number of hydrogen-bond donors (Lipinski definition) is 0. The summed E-state index contributed by atoms with van der Waals surface area (Å²) in [4.78, 5) is 0. The Morgan fingerprint density at radius 3 is 1.11 bits per heavy atom. The van der Waals surface area contributed by atoms with E-state index in [9.17, 15) is 11.7 Å². The van der Waals surface area contributed by atoms with Gasteiger partial charge in [0.15, 0.2) is 0 Å². The van der Waals surface area contributed by atoms with E-state index in [-0.39, 0.29) is 0 Å². The molecule has 0 aromatic carbocycles. The first-order valence-corrected chi connectivity index (χ1v) is 4.68. The molecule has 0 amide bonds. The van der Waals surface area contributed by atoms with Gasteiger partial charge in [0.25, 0.3) is 0 Å². The van der Waals surface area contributed by atoms with Crippen LogP contribution >= 0.6 is 0 Å². The molecule has 0 bridgehead atoms. The molecule has 0 aromatic heterocycles. The van der Waals surface area contributed by atoms with Crippen LogP contribution < -0.4 is 0 Å². The number of halogens is 3. The van der Waals surface area contributed by atoms with Gasteiger partial charge in [-0.05, 0) is 0 Å². The van der Waals surface area contributed by atoms with Gasteiger partial charge in [-0.25, -0.2) is 0 Å². The van der Waals surface area contributed by atoms with E-state index in [1.807, 2.05) is 0 Å². The fraction of sp³-hybridized carbons (Fsp3) is 0. The van der Waals surface area contributed by atoms with Crippen LogP contribution in [0.5, 0.6) is 0 Å². The lowest BCUT2D eigenvalue weighted by Gasteiger charge is -1.92. The van der Waals surface area contributed by atoms with Crippen molar-refractivity contribution < 1.29 is 11.7 Å². The van der Waals surface area contributed by atoms with E-state index in [0.29, 0.717) is 0 Å². The van der Waals surface area contributed by atoms with Crippen molar-refractivity contribution in [2.24, 2.45) is 11.3 Å².